The molecule has 0 unspecified atom stereocenters. The normalized spacial score (nSPS) is 13.4. The van der Waals surface area contributed by atoms with Gasteiger partial charge in [-0.1, -0.05) is 24.3 Å². The molecule has 0 atom stereocenters. The smallest absolute Gasteiger partial charge is 0.119 e. The minimum Gasteiger partial charge on any atom is -0.497 e. The third-order valence-electron chi connectivity index (χ3n) is 5.00. The summed E-state index contributed by atoms with van der Waals surface area (Å²) in [6.45, 7) is 0. The van der Waals surface area contributed by atoms with Gasteiger partial charge in [0.25, 0.3) is 0 Å². The van der Waals surface area contributed by atoms with Crippen LogP contribution < -0.4 is 4.74 Å². The Bertz CT molecular complexity index is 947. The minimum atomic E-state index is 0.665. The monoisotopic (exact) mass is 343 g/mol. The fourth-order valence-corrected chi connectivity index (χ4v) is 3.48. The molecule has 0 saturated heterocycles. The second kappa shape index (κ2) is 7.09. The molecule has 4 rings (SSSR count). The molecule has 1 fully saturated rings. The molecule has 1 aliphatic rings. The van der Waals surface area contributed by atoms with Gasteiger partial charge in [-0.2, -0.15) is 5.26 Å². The summed E-state index contributed by atoms with van der Waals surface area (Å²) in [5, 5.41) is 9.97. The van der Waals surface area contributed by atoms with Crippen molar-refractivity contribution in [3.05, 3.63) is 77.2 Å². The summed E-state index contributed by atoms with van der Waals surface area (Å²) in [6, 6.07) is 18.6. The Balaban J connectivity index is 1.86. The Kier molecular flexibility index (Phi) is 4.50. The number of rotatable bonds is 6. The number of methoxy groups -OCH3 is 1. The van der Waals surface area contributed by atoms with Gasteiger partial charge in [-0.05, 0) is 66.1 Å². The molecule has 3 nitrogen and oxygen atoms in total. The van der Waals surface area contributed by atoms with Crippen LogP contribution in [0.1, 0.15) is 35.3 Å². The van der Waals surface area contributed by atoms with Gasteiger partial charge in [-0.25, -0.2) is 0 Å². The predicted molar refractivity (Wildman–Crippen MR) is 101 cm³/mol. The van der Waals surface area contributed by atoms with Gasteiger partial charge in [0.1, 0.15) is 17.6 Å². The van der Waals surface area contributed by atoms with Crippen LogP contribution in [-0.4, -0.2) is 7.11 Å². The number of hydrogen-bond acceptors (Lipinski definition) is 3. The van der Waals surface area contributed by atoms with Gasteiger partial charge >= 0.3 is 0 Å². The molecule has 0 aliphatic heterocycles. The summed E-state index contributed by atoms with van der Waals surface area (Å²) in [7, 11) is 1.66. The quantitative estimate of drug-likeness (QED) is 0.604. The molecule has 2 aromatic carbocycles. The molecule has 1 saturated carbocycles. The molecular weight excluding hydrogens is 322 g/mol. The maximum atomic E-state index is 9.97. The summed E-state index contributed by atoms with van der Waals surface area (Å²) in [4.78, 5) is 0. The Hall–Kier alpha value is -2.99. The highest BCUT2D eigenvalue weighted by Crippen LogP contribution is 2.38. The summed E-state index contributed by atoms with van der Waals surface area (Å²) in [5.41, 5.74) is 5.05. The van der Waals surface area contributed by atoms with Crippen molar-refractivity contribution in [2.75, 3.05) is 7.11 Å². The van der Waals surface area contributed by atoms with Crippen LogP contribution >= 0.6 is 0 Å². The number of nitrogens with zero attached hydrogens (tertiary/aromatic N) is 1. The lowest BCUT2D eigenvalue weighted by molar-refractivity contribution is 0.415. The highest BCUT2D eigenvalue weighted by molar-refractivity contribution is 5.77. The Morgan fingerprint density at radius 2 is 1.96 bits per heavy atom. The molecule has 0 bridgehead atoms. The average molecular weight is 343 g/mol. The Morgan fingerprint density at radius 3 is 2.65 bits per heavy atom. The van der Waals surface area contributed by atoms with E-state index in [1.165, 1.54) is 12.8 Å². The zero-order valence-corrected chi connectivity index (χ0v) is 14.9. The maximum absolute atomic E-state index is 9.97. The molecule has 26 heavy (non-hydrogen) atoms. The van der Waals surface area contributed by atoms with Crippen molar-refractivity contribution in [2.24, 2.45) is 5.92 Å². The lowest BCUT2D eigenvalue weighted by Gasteiger charge is -2.15. The average Bonchev–Trinajstić information content (AvgIpc) is 3.35. The van der Waals surface area contributed by atoms with Crippen LogP contribution in [0.4, 0.5) is 0 Å². The van der Waals surface area contributed by atoms with Crippen molar-refractivity contribution in [1.29, 1.82) is 5.26 Å². The standard InChI is InChI=1S/C23H21NO2/c1-25-20-5-2-4-18(13-20)23-19(14-21-6-3-11-26-21)10-9-17(22(23)15-24)12-16-7-8-16/h2-6,9-11,13,16H,7-8,12,14H2,1H3. The molecule has 0 amide bonds. The predicted octanol–water partition coefficient (Wildman–Crippen LogP) is 5.37. The number of nitriles is 1. The first-order chi connectivity index (χ1) is 12.8. The van der Waals surface area contributed by atoms with E-state index in [0.717, 1.165) is 51.7 Å². The molecule has 3 heteroatoms. The van der Waals surface area contributed by atoms with Crippen LogP contribution in [0.3, 0.4) is 0 Å². The van der Waals surface area contributed by atoms with Gasteiger partial charge in [-0.3, -0.25) is 0 Å². The molecule has 3 aromatic rings. The molecule has 1 aromatic heterocycles. The molecule has 0 radical (unpaired) electrons. The fraction of sp³-hybridized carbons (Fsp3) is 0.261. The first kappa shape index (κ1) is 16.5. The van der Waals surface area contributed by atoms with Gasteiger partial charge in [0.15, 0.2) is 0 Å². The van der Waals surface area contributed by atoms with Crippen molar-refractivity contribution in [3.63, 3.8) is 0 Å². The first-order valence-electron chi connectivity index (χ1n) is 9.00. The number of ether oxygens (including phenoxy) is 1. The SMILES string of the molecule is COc1cccc(-c2c(Cc3ccco3)ccc(CC3CC3)c2C#N)c1. The van der Waals surface area contributed by atoms with E-state index < -0.39 is 0 Å². The number of furan rings is 1. The van der Waals surface area contributed by atoms with Gasteiger partial charge in [0.05, 0.1) is 18.9 Å². The zero-order chi connectivity index (χ0) is 17.9. The van der Waals surface area contributed by atoms with E-state index in [-0.39, 0.29) is 0 Å². The van der Waals surface area contributed by atoms with Gasteiger partial charge < -0.3 is 9.15 Å². The summed E-state index contributed by atoms with van der Waals surface area (Å²) < 4.78 is 10.9. The minimum absolute atomic E-state index is 0.665. The van der Waals surface area contributed by atoms with Crippen LogP contribution in [0.5, 0.6) is 5.75 Å². The van der Waals surface area contributed by atoms with Crippen molar-refractivity contribution in [1.82, 2.24) is 0 Å². The summed E-state index contributed by atoms with van der Waals surface area (Å²) >= 11 is 0. The van der Waals surface area contributed by atoms with E-state index in [1.54, 1.807) is 13.4 Å². The lowest BCUT2D eigenvalue weighted by Crippen LogP contribution is -2.01. The van der Waals surface area contributed by atoms with Crippen molar-refractivity contribution >= 4 is 0 Å². The molecule has 1 aliphatic carbocycles. The molecule has 0 N–H and O–H groups in total. The molecule has 1 heterocycles. The molecule has 0 spiro atoms. The van der Waals surface area contributed by atoms with Gasteiger partial charge in [0, 0.05) is 12.0 Å². The third kappa shape index (κ3) is 3.36. The van der Waals surface area contributed by atoms with E-state index in [0.29, 0.717) is 6.42 Å². The van der Waals surface area contributed by atoms with E-state index in [9.17, 15) is 5.26 Å². The lowest BCUT2D eigenvalue weighted by atomic mass is 9.88. The zero-order valence-electron chi connectivity index (χ0n) is 14.9. The van der Waals surface area contributed by atoms with Crippen molar-refractivity contribution in [3.8, 4) is 22.9 Å². The van der Waals surface area contributed by atoms with Crippen molar-refractivity contribution < 1.29 is 9.15 Å². The largest absolute Gasteiger partial charge is 0.497 e. The maximum Gasteiger partial charge on any atom is 0.119 e. The fourth-order valence-electron chi connectivity index (χ4n) is 3.48. The number of hydrogen-bond donors (Lipinski definition) is 0. The molecule has 130 valence electrons. The number of benzene rings is 2. The molecular formula is C23H21NO2. The van der Waals surface area contributed by atoms with E-state index >= 15 is 0 Å². The topological polar surface area (TPSA) is 46.2 Å². The van der Waals surface area contributed by atoms with Crippen LogP contribution in [-0.2, 0) is 12.8 Å². The van der Waals surface area contributed by atoms with Crippen LogP contribution in [0.15, 0.2) is 59.2 Å². The highest BCUT2D eigenvalue weighted by Gasteiger charge is 2.25. The third-order valence-corrected chi connectivity index (χ3v) is 5.00. The second-order valence-corrected chi connectivity index (χ2v) is 6.88. The second-order valence-electron chi connectivity index (χ2n) is 6.88. The van der Waals surface area contributed by atoms with Crippen molar-refractivity contribution in [2.45, 2.75) is 25.7 Å². The summed E-state index contributed by atoms with van der Waals surface area (Å²) in [6.07, 6.45) is 5.88. The van der Waals surface area contributed by atoms with Crippen LogP contribution in [0.2, 0.25) is 0 Å². The Labute approximate surface area is 153 Å². The highest BCUT2D eigenvalue weighted by atomic mass is 16.5. The van der Waals surface area contributed by atoms with E-state index in [1.807, 2.05) is 36.4 Å². The Morgan fingerprint density at radius 1 is 1.12 bits per heavy atom. The summed E-state index contributed by atoms with van der Waals surface area (Å²) in [5.74, 6) is 2.42. The van der Waals surface area contributed by atoms with E-state index in [2.05, 4.69) is 18.2 Å². The van der Waals surface area contributed by atoms with Crippen LogP contribution in [0, 0.1) is 17.2 Å². The van der Waals surface area contributed by atoms with E-state index in [4.69, 9.17) is 9.15 Å². The van der Waals surface area contributed by atoms with Gasteiger partial charge in [0.2, 0.25) is 0 Å². The first-order valence-corrected chi connectivity index (χ1v) is 9.00. The van der Waals surface area contributed by atoms with Crippen LogP contribution in [0.25, 0.3) is 11.1 Å². The van der Waals surface area contributed by atoms with Gasteiger partial charge in [-0.15, -0.1) is 0 Å².